The van der Waals surface area contributed by atoms with E-state index in [0.717, 1.165) is 21.3 Å². The average Bonchev–Trinajstić information content (AvgIpc) is 2.49. The van der Waals surface area contributed by atoms with Crippen LogP contribution in [-0.2, 0) is 9.53 Å². The molecule has 0 aliphatic heterocycles. The summed E-state index contributed by atoms with van der Waals surface area (Å²) in [6.07, 6.45) is 0. The minimum Gasteiger partial charge on any atom is -0.464 e. The summed E-state index contributed by atoms with van der Waals surface area (Å²) in [4.78, 5) is 12.2. The highest BCUT2D eigenvalue weighted by Crippen LogP contribution is 2.26. The van der Waals surface area contributed by atoms with Gasteiger partial charge in [-0.05, 0) is 37.1 Å². The molecule has 0 saturated heterocycles. The predicted octanol–water partition coefficient (Wildman–Crippen LogP) is 4.47. The molecule has 2 rings (SSSR count). The molecule has 2 aromatic carbocycles. The Morgan fingerprint density at radius 2 is 1.95 bits per heavy atom. The third kappa shape index (κ3) is 4.08. The fourth-order valence-electron chi connectivity index (χ4n) is 2.05. The summed E-state index contributed by atoms with van der Waals surface area (Å²) < 4.78 is 6.15. The van der Waals surface area contributed by atoms with Crippen molar-refractivity contribution in [2.45, 2.75) is 19.9 Å². The molecular weight excluding hydrogens is 330 g/mol. The van der Waals surface area contributed by atoms with Crippen LogP contribution in [0.2, 0.25) is 0 Å². The molecular formula is C17H18BrNO2. The summed E-state index contributed by atoms with van der Waals surface area (Å²) in [5.74, 6) is -0.275. The molecule has 4 heteroatoms. The number of aryl methyl sites for hydroxylation is 1. The molecule has 0 heterocycles. The van der Waals surface area contributed by atoms with Crippen molar-refractivity contribution in [3.05, 3.63) is 64.1 Å². The van der Waals surface area contributed by atoms with Gasteiger partial charge in [0.05, 0.1) is 6.61 Å². The number of carbonyl (C=O) groups is 1. The molecule has 110 valence electrons. The number of nitrogens with one attached hydrogen (secondary N) is 1. The number of hydrogen-bond acceptors (Lipinski definition) is 3. The fourth-order valence-corrected chi connectivity index (χ4v) is 2.42. The summed E-state index contributed by atoms with van der Waals surface area (Å²) in [5.41, 5.74) is 2.87. The first-order valence-electron chi connectivity index (χ1n) is 6.86. The molecule has 1 atom stereocenters. The maximum atomic E-state index is 12.2. The van der Waals surface area contributed by atoms with Gasteiger partial charge in [-0.15, -0.1) is 0 Å². The lowest BCUT2D eigenvalue weighted by Crippen LogP contribution is -2.23. The maximum Gasteiger partial charge on any atom is 0.333 e. The minimum absolute atomic E-state index is 0.275. The first kappa shape index (κ1) is 15.6. The monoisotopic (exact) mass is 347 g/mol. The van der Waals surface area contributed by atoms with Gasteiger partial charge in [-0.25, -0.2) is 4.79 Å². The van der Waals surface area contributed by atoms with Crippen LogP contribution < -0.4 is 5.32 Å². The van der Waals surface area contributed by atoms with E-state index in [2.05, 4.69) is 21.2 Å². The second-order valence-corrected chi connectivity index (χ2v) is 5.62. The Bertz CT molecular complexity index is 613. The lowest BCUT2D eigenvalue weighted by molar-refractivity contribution is -0.144. The van der Waals surface area contributed by atoms with E-state index >= 15 is 0 Å². The molecule has 2 aromatic rings. The third-order valence-electron chi connectivity index (χ3n) is 3.15. The molecule has 0 saturated carbocycles. The van der Waals surface area contributed by atoms with Gasteiger partial charge in [0.1, 0.15) is 0 Å². The Morgan fingerprint density at radius 3 is 2.62 bits per heavy atom. The van der Waals surface area contributed by atoms with Gasteiger partial charge in [0.2, 0.25) is 0 Å². The molecule has 0 aliphatic carbocycles. The van der Waals surface area contributed by atoms with Crippen molar-refractivity contribution in [1.82, 2.24) is 0 Å². The van der Waals surface area contributed by atoms with Crippen LogP contribution in [0.1, 0.15) is 24.1 Å². The van der Waals surface area contributed by atoms with Crippen LogP contribution in [0.25, 0.3) is 0 Å². The highest BCUT2D eigenvalue weighted by molar-refractivity contribution is 9.10. The van der Waals surface area contributed by atoms with Gasteiger partial charge in [-0.1, -0.05) is 52.3 Å². The van der Waals surface area contributed by atoms with E-state index < -0.39 is 6.04 Å². The molecule has 3 nitrogen and oxygen atoms in total. The lowest BCUT2D eigenvalue weighted by Gasteiger charge is -2.20. The van der Waals surface area contributed by atoms with Gasteiger partial charge in [0, 0.05) is 10.2 Å². The van der Waals surface area contributed by atoms with E-state index in [4.69, 9.17) is 4.74 Å². The third-order valence-corrected chi connectivity index (χ3v) is 3.65. The molecule has 0 bridgehead atoms. The SMILES string of the molecule is CCOC(=O)C(Nc1cc(Br)ccc1C)c1ccccc1. The number of esters is 1. The first-order chi connectivity index (χ1) is 10.1. The molecule has 0 spiro atoms. The first-order valence-corrected chi connectivity index (χ1v) is 7.65. The van der Waals surface area contributed by atoms with Gasteiger partial charge in [0.25, 0.3) is 0 Å². The summed E-state index contributed by atoms with van der Waals surface area (Å²) in [6.45, 7) is 4.17. The minimum atomic E-state index is -0.515. The van der Waals surface area contributed by atoms with E-state index in [0.29, 0.717) is 6.61 Å². The van der Waals surface area contributed by atoms with Gasteiger partial charge in [0.15, 0.2) is 6.04 Å². The average molecular weight is 348 g/mol. The van der Waals surface area contributed by atoms with Crippen molar-refractivity contribution in [2.24, 2.45) is 0 Å². The number of rotatable bonds is 5. The van der Waals surface area contributed by atoms with Crippen LogP contribution in [0, 0.1) is 6.92 Å². The second kappa shape index (κ2) is 7.27. The van der Waals surface area contributed by atoms with Crippen LogP contribution >= 0.6 is 15.9 Å². The Morgan fingerprint density at radius 1 is 1.24 bits per heavy atom. The Kier molecular flexibility index (Phi) is 5.39. The Hall–Kier alpha value is -1.81. The van der Waals surface area contributed by atoms with Crippen molar-refractivity contribution in [2.75, 3.05) is 11.9 Å². The molecule has 0 amide bonds. The Labute approximate surface area is 133 Å². The van der Waals surface area contributed by atoms with Crippen molar-refractivity contribution in [1.29, 1.82) is 0 Å². The quantitative estimate of drug-likeness (QED) is 0.810. The number of carbonyl (C=O) groups excluding carboxylic acids is 1. The van der Waals surface area contributed by atoms with Crippen LogP contribution in [-0.4, -0.2) is 12.6 Å². The Balaban J connectivity index is 2.32. The van der Waals surface area contributed by atoms with Gasteiger partial charge >= 0.3 is 5.97 Å². The number of benzene rings is 2. The molecule has 0 aliphatic rings. The molecule has 0 radical (unpaired) electrons. The maximum absolute atomic E-state index is 12.2. The van der Waals surface area contributed by atoms with Crippen molar-refractivity contribution >= 4 is 27.6 Å². The largest absolute Gasteiger partial charge is 0.464 e. The highest BCUT2D eigenvalue weighted by Gasteiger charge is 2.22. The highest BCUT2D eigenvalue weighted by atomic mass is 79.9. The summed E-state index contributed by atoms with van der Waals surface area (Å²) in [5, 5.41) is 3.28. The number of halogens is 1. The van der Waals surface area contributed by atoms with E-state index in [-0.39, 0.29) is 5.97 Å². The standard InChI is InChI=1S/C17H18BrNO2/c1-3-21-17(20)16(13-7-5-4-6-8-13)19-15-11-14(18)10-9-12(15)2/h4-11,16,19H,3H2,1-2H3. The van der Waals surface area contributed by atoms with Crippen LogP contribution in [0.5, 0.6) is 0 Å². The van der Waals surface area contributed by atoms with Crippen LogP contribution in [0.3, 0.4) is 0 Å². The van der Waals surface area contributed by atoms with E-state index in [1.807, 2.05) is 62.4 Å². The van der Waals surface area contributed by atoms with Crippen LogP contribution in [0.4, 0.5) is 5.69 Å². The predicted molar refractivity (Wildman–Crippen MR) is 88.3 cm³/mol. The smallest absolute Gasteiger partial charge is 0.333 e. The summed E-state index contributed by atoms with van der Waals surface area (Å²) in [6, 6.07) is 15.0. The zero-order valence-electron chi connectivity index (χ0n) is 12.1. The van der Waals surface area contributed by atoms with E-state index in [9.17, 15) is 4.79 Å². The molecule has 21 heavy (non-hydrogen) atoms. The van der Waals surface area contributed by atoms with Gasteiger partial charge in [-0.2, -0.15) is 0 Å². The second-order valence-electron chi connectivity index (χ2n) is 4.70. The molecule has 0 aromatic heterocycles. The zero-order valence-corrected chi connectivity index (χ0v) is 13.7. The number of anilines is 1. The normalized spacial score (nSPS) is 11.8. The van der Waals surface area contributed by atoms with Crippen molar-refractivity contribution in [3.63, 3.8) is 0 Å². The van der Waals surface area contributed by atoms with E-state index in [1.54, 1.807) is 0 Å². The fraction of sp³-hybridized carbons (Fsp3) is 0.235. The van der Waals surface area contributed by atoms with Crippen LogP contribution in [0.15, 0.2) is 53.0 Å². The molecule has 1 unspecified atom stereocenters. The molecule has 0 fully saturated rings. The topological polar surface area (TPSA) is 38.3 Å². The summed E-state index contributed by atoms with van der Waals surface area (Å²) in [7, 11) is 0. The number of ether oxygens (including phenoxy) is 1. The number of hydrogen-bond donors (Lipinski definition) is 1. The van der Waals surface area contributed by atoms with Gasteiger partial charge in [-0.3, -0.25) is 0 Å². The van der Waals surface area contributed by atoms with Crippen molar-refractivity contribution in [3.8, 4) is 0 Å². The zero-order chi connectivity index (χ0) is 15.2. The van der Waals surface area contributed by atoms with Crippen molar-refractivity contribution < 1.29 is 9.53 Å². The van der Waals surface area contributed by atoms with E-state index in [1.165, 1.54) is 0 Å². The summed E-state index contributed by atoms with van der Waals surface area (Å²) >= 11 is 3.45. The lowest BCUT2D eigenvalue weighted by atomic mass is 10.1. The van der Waals surface area contributed by atoms with Gasteiger partial charge < -0.3 is 10.1 Å². The molecule has 1 N–H and O–H groups in total.